The summed E-state index contributed by atoms with van der Waals surface area (Å²) in [4.78, 5) is 11.8. The molecule has 0 aliphatic rings. The van der Waals surface area contributed by atoms with Crippen LogP contribution in [0.3, 0.4) is 0 Å². The van der Waals surface area contributed by atoms with Crippen LogP contribution in [-0.2, 0) is 14.8 Å². The van der Waals surface area contributed by atoms with E-state index >= 15 is 0 Å². The summed E-state index contributed by atoms with van der Waals surface area (Å²) in [5.41, 5.74) is 0.395. The Morgan fingerprint density at radius 1 is 1.10 bits per heavy atom. The molecular weight excluding hydrogens is 416 g/mol. The van der Waals surface area contributed by atoms with Gasteiger partial charge >= 0.3 is 0 Å². The first-order chi connectivity index (χ1) is 13.7. The third-order valence-electron chi connectivity index (χ3n) is 4.01. The molecule has 2 aromatic rings. The van der Waals surface area contributed by atoms with Crippen molar-refractivity contribution in [2.45, 2.75) is 38.1 Å². The van der Waals surface area contributed by atoms with Crippen LogP contribution in [0.15, 0.2) is 47.4 Å². The third-order valence-corrected chi connectivity index (χ3v) is 5.68. The van der Waals surface area contributed by atoms with Crippen molar-refractivity contribution < 1.29 is 22.7 Å². The van der Waals surface area contributed by atoms with Crippen molar-refractivity contribution in [1.82, 2.24) is 5.32 Å². The van der Waals surface area contributed by atoms with E-state index in [0.29, 0.717) is 18.0 Å². The van der Waals surface area contributed by atoms with E-state index in [1.807, 2.05) is 20.8 Å². The molecule has 0 unspecified atom stereocenters. The van der Waals surface area contributed by atoms with Crippen LogP contribution in [0.1, 0.15) is 27.2 Å². The standard InChI is InChI=1S/C20H25ClN2O5S/c1-4-14(3)22-20(24)13-28-19-11-10-17(12-18(19)21)29(25,26)23-15-6-8-16(9-7-15)27-5-2/h6-12,14,23H,4-5,13H2,1-3H3,(H,22,24)/t14-/m0/s1. The average Bonchev–Trinajstić information content (AvgIpc) is 2.68. The van der Waals surface area contributed by atoms with Gasteiger partial charge in [0.1, 0.15) is 11.5 Å². The van der Waals surface area contributed by atoms with Gasteiger partial charge in [-0.2, -0.15) is 0 Å². The SMILES string of the molecule is CCOc1ccc(NS(=O)(=O)c2ccc(OCC(=O)N[C@@H](C)CC)c(Cl)c2)cc1. The van der Waals surface area contributed by atoms with Crippen molar-refractivity contribution in [2.24, 2.45) is 0 Å². The van der Waals surface area contributed by atoms with E-state index in [1.165, 1.54) is 18.2 Å². The quantitative estimate of drug-likeness (QED) is 0.585. The van der Waals surface area contributed by atoms with Crippen molar-refractivity contribution >= 4 is 33.2 Å². The highest BCUT2D eigenvalue weighted by Crippen LogP contribution is 2.28. The number of benzene rings is 2. The van der Waals surface area contributed by atoms with E-state index in [-0.39, 0.29) is 34.2 Å². The van der Waals surface area contributed by atoms with Crippen LogP contribution in [0, 0.1) is 0 Å². The van der Waals surface area contributed by atoms with Crippen molar-refractivity contribution in [3.63, 3.8) is 0 Å². The Balaban J connectivity index is 2.04. The minimum Gasteiger partial charge on any atom is -0.494 e. The number of carbonyl (C=O) groups excluding carboxylic acids is 1. The molecule has 9 heteroatoms. The highest BCUT2D eigenvalue weighted by Gasteiger charge is 2.17. The number of rotatable bonds is 10. The van der Waals surface area contributed by atoms with Crippen LogP contribution in [0.2, 0.25) is 5.02 Å². The number of hydrogen-bond acceptors (Lipinski definition) is 5. The molecule has 0 aliphatic heterocycles. The Hall–Kier alpha value is -2.45. The number of anilines is 1. The predicted octanol–water partition coefficient (Wildman–Crippen LogP) is 3.83. The summed E-state index contributed by atoms with van der Waals surface area (Å²) >= 11 is 6.14. The summed E-state index contributed by atoms with van der Waals surface area (Å²) in [6.07, 6.45) is 0.806. The van der Waals surface area contributed by atoms with E-state index in [9.17, 15) is 13.2 Å². The summed E-state index contributed by atoms with van der Waals surface area (Å²) in [5.74, 6) is 0.604. The number of ether oxygens (including phenoxy) is 2. The zero-order valence-electron chi connectivity index (χ0n) is 16.6. The van der Waals surface area contributed by atoms with Gasteiger partial charge in [-0.25, -0.2) is 8.42 Å². The maximum atomic E-state index is 12.6. The number of carbonyl (C=O) groups is 1. The zero-order chi connectivity index (χ0) is 21.4. The molecular formula is C20H25ClN2O5S. The molecule has 0 saturated heterocycles. The summed E-state index contributed by atoms with van der Waals surface area (Å²) in [6, 6.07) is 10.7. The topological polar surface area (TPSA) is 93.7 Å². The number of sulfonamides is 1. The Labute approximate surface area is 176 Å². The molecule has 0 heterocycles. The van der Waals surface area contributed by atoms with Crippen molar-refractivity contribution in [1.29, 1.82) is 0 Å². The van der Waals surface area contributed by atoms with Gasteiger partial charge in [0.15, 0.2) is 6.61 Å². The zero-order valence-corrected chi connectivity index (χ0v) is 18.1. The van der Waals surface area contributed by atoms with E-state index in [1.54, 1.807) is 24.3 Å². The fourth-order valence-corrected chi connectivity index (χ4v) is 3.71. The normalized spacial score (nSPS) is 12.1. The van der Waals surface area contributed by atoms with Crippen LogP contribution < -0.4 is 19.5 Å². The Morgan fingerprint density at radius 2 is 1.79 bits per heavy atom. The van der Waals surface area contributed by atoms with Gasteiger partial charge in [0.2, 0.25) is 0 Å². The summed E-state index contributed by atoms with van der Waals surface area (Å²) in [6.45, 7) is 6.04. The van der Waals surface area contributed by atoms with Crippen LogP contribution in [0.5, 0.6) is 11.5 Å². The molecule has 29 heavy (non-hydrogen) atoms. The first-order valence-corrected chi connectivity index (χ1v) is 11.1. The first-order valence-electron chi connectivity index (χ1n) is 9.22. The van der Waals surface area contributed by atoms with Crippen molar-refractivity contribution in [3.05, 3.63) is 47.5 Å². The monoisotopic (exact) mass is 440 g/mol. The molecule has 158 valence electrons. The lowest BCUT2D eigenvalue weighted by atomic mass is 10.2. The van der Waals surface area contributed by atoms with E-state index in [0.717, 1.165) is 6.42 Å². The van der Waals surface area contributed by atoms with Gasteiger partial charge in [0.25, 0.3) is 15.9 Å². The molecule has 0 spiro atoms. The fraction of sp³-hybridized carbons (Fsp3) is 0.350. The van der Waals surface area contributed by atoms with Crippen LogP contribution in [-0.4, -0.2) is 33.6 Å². The van der Waals surface area contributed by atoms with E-state index in [4.69, 9.17) is 21.1 Å². The summed E-state index contributed by atoms with van der Waals surface area (Å²) in [5, 5.41) is 2.87. The van der Waals surface area contributed by atoms with Crippen molar-refractivity contribution in [3.8, 4) is 11.5 Å². The predicted molar refractivity (Wildman–Crippen MR) is 113 cm³/mol. The molecule has 0 aromatic heterocycles. The highest BCUT2D eigenvalue weighted by molar-refractivity contribution is 7.92. The Kier molecular flexibility index (Phi) is 8.16. The molecule has 7 nitrogen and oxygen atoms in total. The first kappa shape index (κ1) is 22.8. The molecule has 0 fully saturated rings. The Morgan fingerprint density at radius 3 is 2.38 bits per heavy atom. The van der Waals surface area contributed by atoms with Crippen LogP contribution in [0.25, 0.3) is 0 Å². The van der Waals surface area contributed by atoms with Gasteiger partial charge in [-0.1, -0.05) is 18.5 Å². The molecule has 0 aliphatic carbocycles. The minimum atomic E-state index is -3.84. The van der Waals surface area contributed by atoms with Gasteiger partial charge < -0.3 is 14.8 Å². The fourth-order valence-electron chi connectivity index (χ4n) is 2.33. The third kappa shape index (κ3) is 6.83. The molecule has 1 atom stereocenters. The van der Waals surface area contributed by atoms with Gasteiger partial charge in [-0.05, 0) is 62.7 Å². The second-order valence-electron chi connectivity index (χ2n) is 6.32. The second kappa shape index (κ2) is 10.4. The van der Waals surface area contributed by atoms with Gasteiger partial charge in [-0.15, -0.1) is 0 Å². The maximum Gasteiger partial charge on any atom is 0.261 e. The molecule has 0 radical (unpaired) electrons. The lowest BCUT2D eigenvalue weighted by Crippen LogP contribution is -2.35. The van der Waals surface area contributed by atoms with Gasteiger partial charge in [0.05, 0.1) is 16.5 Å². The minimum absolute atomic E-state index is 0.0206. The smallest absolute Gasteiger partial charge is 0.261 e. The summed E-state index contributed by atoms with van der Waals surface area (Å²) in [7, 11) is -3.84. The molecule has 2 aromatic carbocycles. The maximum absolute atomic E-state index is 12.6. The lowest BCUT2D eigenvalue weighted by Gasteiger charge is -2.13. The number of amides is 1. The van der Waals surface area contributed by atoms with Crippen LogP contribution in [0.4, 0.5) is 5.69 Å². The molecule has 0 saturated carbocycles. The largest absolute Gasteiger partial charge is 0.494 e. The molecule has 2 N–H and O–H groups in total. The van der Waals surface area contributed by atoms with Gasteiger partial charge in [0, 0.05) is 11.7 Å². The van der Waals surface area contributed by atoms with E-state index < -0.39 is 10.0 Å². The number of nitrogens with one attached hydrogen (secondary N) is 2. The highest BCUT2D eigenvalue weighted by atomic mass is 35.5. The number of halogens is 1. The average molecular weight is 441 g/mol. The van der Waals surface area contributed by atoms with Gasteiger partial charge in [-0.3, -0.25) is 9.52 Å². The second-order valence-corrected chi connectivity index (χ2v) is 8.41. The molecule has 0 bridgehead atoms. The number of hydrogen-bond donors (Lipinski definition) is 2. The van der Waals surface area contributed by atoms with E-state index in [2.05, 4.69) is 10.0 Å². The lowest BCUT2D eigenvalue weighted by molar-refractivity contribution is -0.123. The van der Waals surface area contributed by atoms with Crippen molar-refractivity contribution in [2.75, 3.05) is 17.9 Å². The molecule has 1 amide bonds. The molecule has 2 rings (SSSR count). The Bertz CT molecular complexity index is 932. The van der Waals surface area contributed by atoms with Crippen LogP contribution >= 0.6 is 11.6 Å². The summed E-state index contributed by atoms with van der Waals surface area (Å²) < 4.78 is 38.4.